The Morgan fingerprint density at radius 1 is 1.12 bits per heavy atom. The van der Waals surface area contributed by atoms with Crippen molar-refractivity contribution in [3.05, 3.63) is 69.8 Å². The number of benzene rings is 2. The Kier molecular flexibility index (Phi) is 4.66. The Bertz CT molecular complexity index is 1060. The Morgan fingerprint density at radius 3 is 2.65 bits per heavy atom. The van der Waals surface area contributed by atoms with Crippen LogP contribution in [0.25, 0.3) is 11.0 Å². The van der Waals surface area contributed by atoms with E-state index in [1.807, 2.05) is 0 Å². The Balaban J connectivity index is 1.71. The first-order valence-electron chi connectivity index (χ1n) is 7.46. The van der Waals surface area contributed by atoms with Crippen LogP contribution in [-0.2, 0) is 4.79 Å². The van der Waals surface area contributed by atoms with Crippen molar-refractivity contribution in [2.24, 2.45) is 0 Å². The van der Waals surface area contributed by atoms with Gasteiger partial charge in [-0.25, -0.2) is 18.0 Å². The molecular weight excluding hydrogens is 351 g/mol. The summed E-state index contributed by atoms with van der Waals surface area (Å²) in [5.74, 6) is -5.07. The molecule has 0 unspecified atom stereocenters. The van der Waals surface area contributed by atoms with Gasteiger partial charge in [0.1, 0.15) is 11.3 Å². The zero-order valence-electron chi connectivity index (χ0n) is 13.4. The maximum Gasteiger partial charge on any atom is 0.336 e. The predicted octanol–water partition coefficient (Wildman–Crippen LogP) is 3.54. The second-order valence-corrected chi connectivity index (χ2v) is 5.47. The molecule has 2 aromatic carbocycles. The monoisotopic (exact) mass is 363 g/mol. The zero-order valence-corrected chi connectivity index (χ0v) is 13.4. The zero-order chi connectivity index (χ0) is 18.8. The van der Waals surface area contributed by atoms with Crippen LogP contribution in [0.4, 0.5) is 18.9 Å². The summed E-state index contributed by atoms with van der Waals surface area (Å²) in [6.07, 6.45) is 0. The van der Waals surface area contributed by atoms with Crippen LogP contribution in [0.15, 0.2) is 45.6 Å². The highest BCUT2D eigenvalue weighted by atomic mass is 19.2. The maximum absolute atomic E-state index is 13.5. The molecule has 0 bridgehead atoms. The second-order valence-electron chi connectivity index (χ2n) is 5.47. The van der Waals surface area contributed by atoms with Gasteiger partial charge in [-0.05, 0) is 36.8 Å². The number of nitrogens with one attached hydrogen (secondary N) is 1. The van der Waals surface area contributed by atoms with Crippen LogP contribution in [-0.4, -0.2) is 12.5 Å². The summed E-state index contributed by atoms with van der Waals surface area (Å²) in [5, 5.41) is 2.80. The van der Waals surface area contributed by atoms with Crippen molar-refractivity contribution < 1.29 is 27.1 Å². The van der Waals surface area contributed by atoms with Crippen molar-refractivity contribution in [2.45, 2.75) is 6.92 Å². The molecule has 0 radical (unpaired) electrons. The molecule has 0 fully saturated rings. The van der Waals surface area contributed by atoms with Crippen LogP contribution in [0.5, 0.6) is 5.75 Å². The Morgan fingerprint density at radius 2 is 1.88 bits per heavy atom. The van der Waals surface area contributed by atoms with Crippen LogP contribution in [0.2, 0.25) is 0 Å². The summed E-state index contributed by atoms with van der Waals surface area (Å²) in [5.41, 5.74) is 0.00486. The van der Waals surface area contributed by atoms with Crippen LogP contribution >= 0.6 is 0 Å². The van der Waals surface area contributed by atoms with E-state index in [-0.39, 0.29) is 5.75 Å². The van der Waals surface area contributed by atoms with Gasteiger partial charge in [-0.3, -0.25) is 4.79 Å². The van der Waals surface area contributed by atoms with Crippen LogP contribution in [0.3, 0.4) is 0 Å². The molecule has 1 amide bonds. The lowest BCUT2D eigenvalue weighted by molar-refractivity contribution is -0.118. The van der Waals surface area contributed by atoms with E-state index >= 15 is 0 Å². The lowest BCUT2D eigenvalue weighted by Gasteiger charge is -2.09. The van der Waals surface area contributed by atoms with Crippen molar-refractivity contribution in [3.63, 3.8) is 0 Å². The standard InChI is InChI=1S/C18H12F3NO4/c1-9-6-16(24)26-14-7-10(2-3-11(9)14)25-8-15(23)22-13-5-4-12(19)17(20)18(13)21/h2-7H,8H2,1H3,(H,22,23). The van der Waals surface area contributed by atoms with Crippen molar-refractivity contribution >= 4 is 22.6 Å². The fourth-order valence-corrected chi connectivity index (χ4v) is 2.35. The Labute approximate surface area is 145 Å². The molecule has 1 N–H and O–H groups in total. The highest BCUT2D eigenvalue weighted by molar-refractivity contribution is 5.92. The molecule has 0 aliphatic heterocycles. The van der Waals surface area contributed by atoms with E-state index in [4.69, 9.17) is 9.15 Å². The minimum Gasteiger partial charge on any atom is -0.484 e. The minimum atomic E-state index is -1.68. The number of fused-ring (bicyclic) bond motifs is 1. The number of aryl methyl sites for hydroxylation is 1. The van der Waals surface area contributed by atoms with Gasteiger partial charge in [-0.2, -0.15) is 0 Å². The third-order valence-corrected chi connectivity index (χ3v) is 3.60. The summed E-state index contributed by atoms with van der Waals surface area (Å²) in [6, 6.07) is 7.63. The summed E-state index contributed by atoms with van der Waals surface area (Å²) in [6.45, 7) is 1.24. The van der Waals surface area contributed by atoms with Crippen molar-refractivity contribution in [1.82, 2.24) is 0 Å². The number of ether oxygens (including phenoxy) is 1. The van der Waals surface area contributed by atoms with Gasteiger partial charge in [0.2, 0.25) is 0 Å². The minimum absolute atomic E-state index is 0.243. The van der Waals surface area contributed by atoms with Crippen molar-refractivity contribution in [1.29, 1.82) is 0 Å². The van der Waals surface area contributed by atoms with E-state index in [2.05, 4.69) is 5.32 Å². The lowest BCUT2D eigenvalue weighted by atomic mass is 10.1. The van der Waals surface area contributed by atoms with E-state index in [0.717, 1.165) is 11.6 Å². The molecule has 3 aromatic rings. The SMILES string of the molecule is Cc1cc(=O)oc2cc(OCC(=O)Nc3ccc(F)c(F)c3F)ccc12. The molecule has 1 heterocycles. The molecule has 0 spiro atoms. The van der Waals surface area contributed by atoms with Gasteiger partial charge < -0.3 is 14.5 Å². The van der Waals surface area contributed by atoms with E-state index in [9.17, 15) is 22.8 Å². The summed E-state index contributed by atoms with van der Waals surface area (Å²) < 4.78 is 49.8. The fourth-order valence-electron chi connectivity index (χ4n) is 2.35. The molecule has 8 heteroatoms. The first-order valence-corrected chi connectivity index (χ1v) is 7.46. The summed E-state index contributed by atoms with van der Waals surface area (Å²) in [4.78, 5) is 23.2. The molecule has 5 nitrogen and oxygen atoms in total. The average Bonchev–Trinajstić information content (AvgIpc) is 2.60. The van der Waals surface area contributed by atoms with Gasteiger partial charge in [0.25, 0.3) is 5.91 Å². The fraction of sp³-hybridized carbons (Fsp3) is 0.111. The van der Waals surface area contributed by atoms with Gasteiger partial charge in [0, 0.05) is 17.5 Å². The maximum atomic E-state index is 13.5. The molecule has 0 atom stereocenters. The molecule has 3 rings (SSSR count). The molecule has 1 aromatic heterocycles. The number of carbonyl (C=O) groups excluding carboxylic acids is 1. The molecule has 0 saturated carbocycles. The van der Waals surface area contributed by atoms with Gasteiger partial charge in [0.05, 0.1) is 5.69 Å². The number of halogens is 3. The van der Waals surface area contributed by atoms with Crippen LogP contribution in [0.1, 0.15) is 5.56 Å². The third-order valence-electron chi connectivity index (χ3n) is 3.60. The van der Waals surface area contributed by atoms with Gasteiger partial charge in [0.15, 0.2) is 24.1 Å². The van der Waals surface area contributed by atoms with Crippen molar-refractivity contribution in [2.75, 3.05) is 11.9 Å². The lowest BCUT2D eigenvalue weighted by Crippen LogP contribution is -2.21. The van der Waals surface area contributed by atoms with Gasteiger partial charge in [-0.15, -0.1) is 0 Å². The van der Waals surface area contributed by atoms with Gasteiger partial charge >= 0.3 is 5.63 Å². The van der Waals surface area contributed by atoms with Crippen LogP contribution < -0.4 is 15.7 Å². The summed E-state index contributed by atoms with van der Waals surface area (Å²) in [7, 11) is 0. The number of amides is 1. The van der Waals surface area contributed by atoms with E-state index in [1.165, 1.54) is 12.1 Å². The molecule has 26 heavy (non-hydrogen) atoms. The second kappa shape index (κ2) is 6.91. The highest BCUT2D eigenvalue weighted by Gasteiger charge is 2.15. The largest absolute Gasteiger partial charge is 0.484 e. The third kappa shape index (κ3) is 3.53. The van der Waals surface area contributed by atoms with Crippen molar-refractivity contribution in [3.8, 4) is 5.75 Å². The smallest absolute Gasteiger partial charge is 0.336 e. The highest BCUT2D eigenvalue weighted by Crippen LogP contribution is 2.23. The number of anilines is 1. The number of carbonyl (C=O) groups is 1. The van der Waals surface area contributed by atoms with E-state index < -0.39 is 41.3 Å². The topological polar surface area (TPSA) is 68.5 Å². The molecule has 134 valence electrons. The average molecular weight is 363 g/mol. The molecular formula is C18H12F3NO4. The first kappa shape index (κ1) is 17.5. The summed E-state index contributed by atoms with van der Waals surface area (Å²) >= 11 is 0. The van der Waals surface area contributed by atoms with E-state index in [1.54, 1.807) is 19.1 Å². The Hall–Kier alpha value is -3.29. The predicted molar refractivity (Wildman–Crippen MR) is 87.7 cm³/mol. The number of rotatable bonds is 4. The van der Waals surface area contributed by atoms with E-state index in [0.29, 0.717) is 17.0 Å². The molecule has 0 aliphatic carbocycles. The first-order chi connectivity index (χ1) is 12.3. The number of hydrogen-bond acceptors (Lipinski definition) is 4. The molecule has 0 saturated heterocycles. The number of hydrogen-bond donors (Lipinski definition) is 1. The van der Waals surface area contributed by atoms with Gasteiger partial charge in [-0.1, -0.05) is 0 Å². The normalized spacial score (nSPS) is 10.8. The molecule has 0 aliphatic rings. The quantitative estimate of drug-likeness (QED) is 0.569. The van der Waals surface area contributed by atoms with Crippen LogP contribution in [0, 0.1) is 24.4 Å².